The highest BCUT2D eigenvalue weighted by Gasteiger charge is 2.28. The average molecular weight is 345 g/mol. The maximum atomic E-state index is 13.2. The minimum Gasteiger partial charge on any atom is -0.395 e. The first-order chi connectivity index (χ1) is 10.8. The molecule has 1 fully saturated rings. The van der Waals surface area contributed by atoms with Crippen molar-refractivity contribution in [1.29, 1.82) is 0 Å². The molecule has 1 heterocycles. The molecule has 0 aromatic heterocycles. The molecule has 1 amide bonds. The first-order valence-corrected chi connectivity index (χ1v) is 7.92. The molecular formula is C16H22ClFN2O3. The highest BCUT2D eigenvalue weighted by atomic mass is 35.5. The summed E-state index contributed by atoms with van der Waals surface area (Å²) in [5.74, 6) is -0.592. The zero-order chi connectivity index (χ0) is 17.0. The molecule has 0 unspecified atom stereocenters. The lowest BCUT2D eigenvalue weighted by molar-refractivity contribution is -0.126. The van der Waals surface area contributed by atoms with E-state index < -0.39 is 11.4 Å². The third-order valence-electron chi connectivity index (χ3n) is 3.86. The third kappa shape index (κ3) is 4.88. The molecule has 0 radical (unpaired) electrons. The van der Waals surface area contributed by atoms with Crippen molar-refractivity contribution in [2.75, 3.05) is 19.8 Å². The zero-order valence-corrected chi connectivity index (χ0v) is 14.0. The molecule has 23 heavy (non-hydrogen) atoms. The Balaban J connectivity index is 1.93. The molecule has 0 saturated carbocycles. The summed E-state index contributed by atoms with van der Waals surface area (Å²) in [5.41, 5.74) is -0.0747. The van der Waals surface area contributed by atoms with Crippen molar-refractivity contribution in [2.45, 2.75) is 38.0 Å². The fraction of sp³-hybridized carbons (Fsp3) is 0.562. The number of hydrogen-bond donors (Lipinski definition) is 3. The number of rotatable bonds is 5. The number of hydrogen-bond acceptors (Lipinski definition) is 4. The predicted molar refractivity (Wildman–Crippen MR) is 85.8 cm³/mol. The molecule has 0 aliphatic carbocycles. The number of aliphatic hydroxyl groups excluding tert-OH is 1. The summed E-state index contributed by atoms with van der Waals surface area (Å²) >= 11 is 6.07. The first kappa shape index (κ1) is 18.1. The fourth-order valence-corrected chi connectivity index (χ4v) is 2.99. The van der Waals surface area contributed by atoms with Crippen molar-refractivity contribution >= 4 is 17.5 Å². The SMILES string of the molecule is CC(C)(NC(=O)C[C@@H]1CN[C@H](CO)CO1)c1ccc(F)cc1Cl. The normalized spacial score (nSPS) is 22.0. The number of benzene rings is 1. The number of aliphatic hydroxyl groups is 1. The fourth-order valence-electron chi connectivity index (χ4n) is 2.59. The van der Waals surface area contributed by atoms with E-state index in [9.17, 15) is 9.18 Å². The molecule has 0 bridgehead atoms. The Hall–Kier alpha value is -1.21. The van der Waals surface area contributed by atoms with Crippen LogP contribution < -0.4 is 10.6 Å². The van der Waals surface area contributed by atoms with Gasteiger partial charge >= 0.3 is 0 Å². The van der Waals surface area contributed by atoms with Crippen LogP contribution in [0.2, 0.25) is 5.02 Å². The predicted octanol–water partition coefficient (Wildman–Crippen LogP) is 1.57. The average Bonchev–Trinajstić information content (AvgIpc) is 2.46. The molecule has 5 nitrogen and oxygen atoms in total. The summed E-state index contributed by atoms with van der Waals surface area (Å²) in [4.78, 5) is 12.2. The minimum absolute atomic E-state index is 0.00894. The van der Waals surface area contributed by atoms with Gasteiger partial charge in [-0.2, -0.15) is 0 Å². The Bertz CT molecular complexity index is 560. The standard InChI is InChI=1S/C16H22ClFN2O3/c1-16(2,13-4-3-10(18)5-14(13)17)20-15(22)6-12-7-19-11(8-21)9-23-12/h3-5,11-12,19,21H,6-9H2,1-2H3,(H,20,22)/t11-,12-/m1/s1. The van der Waals surface area contributed by atoms with Gasteiger partial charge in [0.2, 0.25) is 5.91 Å². The Morgan fingerprint density at radius 1 is 1.57 bits per heavy atom. The van der Waals surface area contributed by atoms with E-state index in [1.807, 2.05) is 13.8 Å². The zero-order valence-electron chi connectivity index (χ0n) is 13.2. The molecule has 1 aromatic carbocycles. The van der Waals surface area contributed by atoms with Gasteiger partial charge in [-0.05, 0) is 31.5 Å². The van der Waals surface area contributed by atoms with E-state index >= 15 is 0 Å². The second kappa shape index (κ2) is 7.57. The van der Waals surface area contributed by atoms with E-state index in [2.05, 4.69) is 10.6 Å². The lowest BCUT2D eigenvalue weighted by Crippen LogP contribution is -2.50. The van der Waals surface area contributed by atoms with E-state index in [-0.39, 0.29) is 36.1 Å². The summed E-state index contributed by atoms with van der Waals surface area (Å²) in [7, 11) is 0. The van der Waals surface area contributed by atoms with Gasteiger partial charge in [-0.1, -0.05) is 17.7 Å². The van der Waals surface area contributed by atoms with Crippen LogP contribution >= 0.6 is 11.6 Å². The number of amides is 1. The molecule has 2 rings (SSSR count). The van der Waals surface area contributed by atoms with Gasteiger partial charge in [0.05, 0.1) is 37.3 Å². The van der Waals surface area contributed by atoms with Crippen LogP contribution in [0.25, 0.3) is 0 Å². The van der Waals surface area contributed by atoms with Crippen LogP contribution in [-0.2, 0) is 15.1 Å². The Morgan fingerprint density at radius 2 is 2.30 bits per heavy atom. The molecule has 1 saturated heterocycles. The number of halogens is 2. The topological polar surface area (TPSA) is 70.6 Å². The van der Waals surface area contributed by atoms with Crippen molar-refractivity contribution in [3.8, 4) is 0 Å². The molecule has 2 atom stereocenters. The van der Waals surface area contributed by atoms with Crippen LogP contribution in [0.1, 0.15) is 25.8 Å². The van der Waals surface area contributed by atoms with Crippen LogP contribution in [0, 0.1) is 5.82 Å². The smallest absolute Gasteiger partial charge is 0.223 e. The van der Waals surface area contributed by atoms with Crippen LogP contribution in [-0.4, -0.2) is 42.9 Å². The van der Waals surface area contributed by atoms with Gasteiger partial charge in [-0.25, -0.2) is 4.39 Å². The van der Waals surface area contributed by atoms with Gasteiger partial charge in [-0.3, -0.25) is 4.79 Å². The van der Waals surface area contributed by atoms with Crippen LogP contribution in [0.3, 0.4) is 0 Å². The van der Waals surface area contributed by atoms with Crippen molar-refractivity contribution in [1.82, 2.24) is 10.6 Å². The lowest BCUT2D eigenvalue weighted by atomic mass is 9.93. The van der Waals surface area contributed by atoms with Crippen LogP contribution in [0.15, 0.2) is 18.2 Å². The second-order valence-electron chi connectivity index (χ2n) is 6.24. The van der Waals surface area contributed by atoms with Crippen molar-refractivity contribution in [2.24, 2.45) is 0 Å². The Labute approximate surface area is 140 Å². The van der Waals surface area contributed by atoms with Gasteiger partial charge in [0.15, 0.2) is 0 Å². The summed E-state index contributed by atoms with van der Waals surface area (Å²) < 4.78 is 18.7. The quantitative estimate of drug-likeness (QED) is 0.758. The van der Waals surface area contributed by atoms with Crippen molar-refractivity contribution < 1.29 is 19.0 Å². The van der Waals surface area contributed by atoms with Crippen LogP contribution in [0.4, 0.5) is 4.39 Å². The summed E-state index contributed by atoms with van der Waals surface area (Å²) in [6, 6.07) is 4.04. The van der Waals surface area contributed by atoms with Gasteiger partial charge < -0.3 is 20.5 Å². The van der Waals surface area contributed by atoms with Crippen molar-refractivity contribution in [3.63, 3.8) is 0 Å². The molecule has 1 aliphatic heterocycles. The molecule has 7 heteroatoms. The minimum atomic E-state index is -0.725. The number of carbonyl (C=O) groups is 1. The highest BCUT2D eigenvalue weighted by Crippen LogP contribution is 2.28. The van der Waals surface area contributed by atoms with Crippen LogP contribution in [0.5, 0.6) is 0 Å². The van der Waals surface area contributed by atoms with Crippen molar-refractivity contribution in [3.05, 3.63) is 34.6 Å². The van der Waals surface area contributed by atoms with Gasteiger partial charge in [-0.15, -0.1) is 0 Å². The van der Waals surface area contributed by atoms with E-state index in [0.717, 1.165) is 0 Å². The summed E-state index contributed by atoms with van der Waals surface area (Å²) in [5, 5.41) is 15.3. The molecule has 1 aromatic rings. The van der Waals surface area contributed by atoms with E-state index in [0.29, 0.717) is 18.7 Å². The second-order valence-corrected chi connectivity index (χ2v) is 6.65. The van der Waals surface area contributed by atoms with Gasteiger partial charge in [0.1, 0.15) is 5.82 Å². The lowest BCUT2D eigenvalue weighted by Gasteiger charge is -2.31. The number of carbonyl (C=O) groups excluding carboxylic acids is 1. The van der Waals surface area contributed by atoms with E-state index in [1.165, 1.54) is 12.1 Å². The first-order valence-electron chi connectivity index (χ1n) is 7.54. The van der Waals surface area contributed by atoms with E-state index in [4.69, 9.17) is 21.4 Å². The Kier molecular flexibility index (Phi) is 5.97. The largest absolute Gasteiger partial charge is 0.395 e. The molecule has 1 aliphatic rings. The molecule has 0 spiro atoms. The molecule has 128 valence electrons. The highest BCUT2D eigenvalue weighted by molar-refractivity contribution is 6.31. The summed E-state index contributed by atoms with van der Waals surface area (Å²) in [6.45, 7) is 4.52. The summed E-state index contributed by atoms with van der Waals surface area (Å²) in [6.07, 6.45) is -0.0368. The van der Waals surface area contributed by atoms with Gasteiger partial charge in [0.25, 0.3) is 0 Å². The number of ether oxygens (including phenoxy) is 1. The monoisotopic (exact) mass is 344 g/mol. The maximum absolute atomic E-state index is 13.2. The van der Waals surface area contributed by atoms with E-state index in [1.54, 1.807) is 6.07 Å². The number of nitrogens with one attached hydrogen (secondary N) is 2. The molecule has 3 N–H and O–H groups in total. The number of morpholine rings is 1. The van der Waals surface area contributed by atoms with Gasteiger partial charge in [0, 0.05) is 11.6 Å². The third-order valence-corrected chi connectivity index (χ3v) is 4.17. The Morgan fingerprint density at radius 3 is 2.87 bits per heavy atom. The molecular weight excluding hydrogens is 323 g/mol. The maximum Gasteiger partial charge on any atom is 0.223 e.